The molecule has 0 saturated carbocycles. The van der Waals surface area contributed by atoms with E-state index in [-0.39, 0.29) is 0 Å². The van der Waals surface area contributed by atoms with Gasteiger partial charge < -0.3 is 4.90 Å². The van der Waals surface area contributed by atoms with Crippen LogP contribution >= 0.6 is 0 Å². The van der Waals surface area contributed by atoms with Crippen molar-refractivity contribution < 1.29 is 0 Å². The molecule has 0 aliphatic heterocycles. The molecule has 0 aliphatic carbocycles. The lowest BCUT2D eigenvalue weighted by Crippen LogP contribution is -2.18. The van der Waals surface area contributed by atoms with Crippen LogP contribution in [0.25, 0.3) is 10.8 Å². The molecule has 0 unspecified atom stereocenters. The van der Waals surface area contributed by atoms with Gasteiger partial charge in [-0.2, -0.15) is 0 Å². The Kier molecular flexibility index (Phi) is 3.38. The average molecular weight is 262 g/mol. The lowest BCUT2D eigenvalue weighted by atomic mass is 10.1. The Morgan fingerprint density at radius 2 is 1.55 bits per heavy atom. The Morgan fingerprint density at radius 3 is 2.30 bits per heavy atom. The van der Waals surface area contributed by atoms with E-state index in [9.17, 15) is 0 Å². The molecule has 0 atom stereocenters. The highest BCUT2D eigenvalue weighted by Crippen LogP contribution is 2.26. The van der Waals surface area contributed by atoms with Gasteiger partial charge in [-0.25, -0.2) is 4.98 Å². The fourth-order valence-corrected chi connectivity index (χ4v) is 2.56. The van der Waals surface area contributed by atoms with E-state index in [2.05, 4.69) is 72.4 Å². The van der Waals surface area contributed by atoms with Crippen LogP contribution in [0.4, 0.5) is 5.82 Å². The summed E-state index contributed by atoms with van der Waals surface area (Å²) in [6, 6.07) is 18.9. The van der Waals surface area contributed by atoms with E-state index < -0.39 is 0 Å². The van der Waals surface area contributed by atoms with Crippen molar-refractivity contribution in [2.45, 2.75) is 13.5 Å². The second kappa shape index (κ2) is 5.33. The molecule has 3 rings (SSSR count). The number of pyridine rings is 1. The van der Waals surface area contributed by atoms with E-state index in [1.54, 1.807) is 0 Å². The summed E-state index contributed by atoms with van der Waals surface area (Å²) in [6.45, 7) is 2.97. The first-order valence-corrected chi connectivity index (χ1v) is 6.85. The van der Waals surface area contributed by atoms with Crippen LogP contribution in [0.2, 0.25) is 0 Å². The lowest BCUT2D eigenvalue weighted by molar-refractivity contribution is 0.904. The van der Waals surface area contributed by atoms with Gasteiger partial charge in [-0.1, -0.05) is 54.6 Å². The van der Waals surface area contributed by atoms with Crippen LogP contribution in [0.15, 0.2) is 60.8 Å². The van der Waals surface area contributed by atoms with Crippen LogP contribution in [0.1, 0.15) is 11.1 Å². The summed E-state index contributed by atoms with van der Waals surface area (Å²) >= 11 is 0. The molecule has 0 aliphatic rings. The Hall–Kier alpha value is -2.35. The minimum atomic E-state index is 0.862. The zero-order valence-electron chi connectivity index (χ0n) is 11.9. The normalized spacial score (nSPS) is 10.7. The fraction of sp³-hybridized carbons (Fsp3) is 0.167. The molecule has 0 saturated heterocycles. The molecule has 0 amide bonds. The molecule has 2 nitrogen and oxygen atoms in total. The zero-order chi connectivity index (χ0) is 13.9. The number of hydrogen-bond acceptors (Lipinski definition) is 2. The van der Waals surface area contributed by atoms with Gasteiger partial charge in [0.05, 0.1) is 0 Å². The third-order valence-electron chi connectivity index (χ3n) is 3.60. The maximum atomic E-state index is 4.63. The van der Waals surface area contributed by atoms with Gasteiger partial charge in [0.2, 0.25) is 0 Å². The molecule has 20 heavy (non-hydrogen) atoms. The molecule has 1 heterocycles. The van der Waals surface area contributed by atoms with Crippen LogP contribution in [0.5, 0.6) is 0 Å². The second-order valence-corrected chi connectivity index (χ2v) is 5.15. The minimum absolute atomic E-state index is 0.862. The quantitative estimate of drug-likeness (QED) is 0.704. The Bertz CT molecular complexity index is 720. The van der Waals surface area contributed by atoms with E-state index >= 15 is 0 Å². The lowest BCUT2D eigenvalue weighted by Gasteiger charge is -2.20. The van der Waals surface area contributed by atoms with Crippen molar-refractivity contribution in [3.05, 3.63) is 71.9 Å². The summed E-state index contributed by atoms with van der Waals surface area (Å²) < 4.78 is 0. The van der Waals surface area contributed by atoms with Gasteiger partial charge in [0.25, 0.3) is 0 Å². The van der Waals surface area contributed by atoms with Crippen LogP contribution in [-0.4, -0.2) is 12.0 Å². The molecule has 0 spiro atoms. The number of aryl methyl sites for hydroxylation is 1. The number of rotatable bonds is 3. The molecule has 2 aromatic carbocycles. The van der Waals surface area contributed by atoms with Gasteiger partial charge in [0, 0.05) is 25.2 Å². The minimum Gasteiger partial charge on any atom is -0.355 e. The molecule has 2 heteroatoms. The Labute approximate surface area is 119 Å². The monoisotopic (exact) mass is 262 g/mol. The van der Waals surface area contributed by atoms with E-state index in [4.69, 9.17) is 0 Å². The highest BCUT2D eigenvalue weighted by molar-refractivity contribution is 5.94. The number of hydrogen-bond donors (Lipinski definition) is 0. The van der Waals surface area contributed by atoms with Crippen molar-refractivity contribution in [2.24, 2.45) is 0 Å². The Morgan fingerprint density at radius 1 is 0.900 bits per heavy atom. The summed E-state index contributed by atoms with van der Waals surface area (Å²) in [5.74, 6) is 1.04. The molecule has 0 radical (unpaired) electrons. The molecule has 1 aromatic heterocycles. The van der Waals surface area contributed by atoms with Gasteiger partial charge in [0.15, 0.2) is 0 Å². The third kappa shape index (κ3) is 2.37. The summed E-state index contributed by atoms with van der Waals surface area (Å²) in [7, 11) is 2.09. The first-order valence-electron chi connectivity index (χ1n) is 6.85. The maximum absolute atomic E-state index is 4.63. The number of anilines is 1. The molecule has 0 bridgehead atoms. The fourth-order valence-electron chi connectivity index (χ4n) is 2.56. The van der Waals surface area contributed by atoms with Crippen molar-refractivity contribution in [3.8, 4) is 0 Å². The topological polar surface area (TPSA) is 16.1 Å². The number of fused-ring (bicyclic) bond motifs is 1. The smallest absolute Gasteiger partial charge is 0.136 e. The van der Waals surface area contributed by atoms with E-state index in [1.807, 2.05) is 12.3 Å². The first kappa shape index (κ1) is 12.7. The average Bonchev–Trinajstić information content (AvgIpc) is 2.49. The molecule has 0 N–H and O–H groups in total. The summed E-state index contributed by atoms with van der Waals surface area (Å²) in [4.78, 5) is 6.83. The molecule has 100 valence electrons. The largest absolute Gasteiger partial charge is 0.355 e. The van der Waals surface area contributed by atoms with Crippen molar-refractivity contribution in [1.82, 2.24) is 4.98 Å². The maximum Gasteiger partial charge on any atom is 0.136 e. The summed E-state index contributed by atoms with van der Waals surface area (Å²) in [6.07, 6.45) is 1.96. The van der Waals surface area contributed by atoms with Crippen LogP contribution < -0.4 is 4.90 Å². The van der Waals surface area contributed by atoms with Crippen molar-refractivity contribution in [1.29, 1.82) is 0 Å². The van der Waals surface area contributed by atoms with Crippen molar-refractivity contribution in [2.75, 3.05) is 11.9 Å². The van der Waals surface area contributed by atoms with E-state index in [0.717, 1.165) is 12.4 Å². The highest BCUT2D eigenvalue weighted by atomic mass is 15.2. The van der Waals surface area contributed by atoms with Gasteiger partial charge in [-0.05, 0) is 23.4 Å². The molecular formula is C18H18N2. The molecule has 3 aromatic rings. The predicted octanol–water partition coefficient (Wildman–Crippen LogP) is 4.18. The van der Waals surface area contributed by atoms with Gasteiger partial charge in [0.1, 0.15) is 5.82 Å². The van der Waals surface area contributed by atoms with Crippen LogP contribution in [0, 0.1) is 6.92 Å². The standard InChI is InChI=1S/C18H18N2/c1-14-12-19-18(17-11-7-6-10-16(14)17)20(2)13-15-8-4-3-5-9-15/h3-12H,13H2,1-2H3. The highest BCUT2D eigenvalue weighted by Gasteiger charge is 2.09. The van der Waals surface area contributed by atoms with Crippen molar-refractivity contribution >= 4 is 16.6 Å². The zero-order valence-corrected chi connectivity index (χ0v) is 11.9. The Balaban J connectivity index is 2.00. The van der Waals surface area contributed by atoms with E-state index in [0.29, 0.717) is 0 Å². The third-order valence-corrected chi connectivity index (χ3v) is 3.60. The van der Waals surface area contributed by atoms with Crippen LogP contribution in [0.3, 0.4) is 0 Å². The van der Waals surface area contributed by atoms with Gasteiger partial charge >= 0.3 is 0 Å². The second-order valence-electron chi connectivity index (χ2n) is 5.15. The summed E-state index contributed by atoms with van der Waals surface area (Å²) in [5, 5.41) is 2.49. The first-order chi connectivity index (χ1) is 9.75. The predicted molar refractivity (Wildman–Crippen MR) is 85.0 cm³/mol. The van der Waals surface area contributed by atoms with Gasteiger partial charge in [-0.3, -0.25) is 0 Å². The number of nitrogens with zero attached hydrogens (tertiary/aromatic N) is 2. The van der Waals surface area contributed by atoms with Crippen molar-refractivity contribution in [3.63, 3.8) is 0 Å². The SMILES string of the molecule is Cc1cnc(N(C)Cc2ccccc2)c2ccccc12. The summed E-state index contributed by atoms with van der Waals surface area (Å²) in [5.41, 5.74) is 2.51. The van der Waals surface area contributed by atoms with Gasteiger partial charge in [-0.15, -0.1) is 0 Å². The number of benzene rings is 2. The number of aromatic nitrogens is 1. The van der Waals surface area contributed by atoms with Crippen LogP contribution in [-0.2, 0) is 6.54 Å². The molecule has 0 fully saturated rings. The molecular weight excluding hydrogens is 244 g/mol. The van der Waals surface area contributed by atoms with E-state index in [1.165, 1.54) is 21.9 Å².